The van der Waals surface area contributed by atoms with Crippen LogP contribution < -0.4 is 0 Å². The van der Waals surface area contributed by atoms with Gasteiger partial charge in [0.15, 0.2) is 0 Å². The molecule has 0 aliphatic heterocycles. The Balaban J connectivity index is -0.0000000133. The predicted molar refractivity (Wildman–Crippen MR) is 60.7 cm³/mol. The summed E-state index contributed by atoms with van der Waals surface area (Å²) in [5, 5.41) is 0. The Hall–Kier alpha value is -1.43. The summed E-state index contributed by atoms with van der Waals surface area (Å²) < 4.78 is 0. The average Bonchev–Trinajstić information content (AvgIpc) is 1.90. The molecule has 0 bridgehead atoms. The zero-order valence-electron chi connectivity index (χ0n) is 8.37. The van der Waals surface area contributed by atoms with Gasteiger partial charge in [-0.1, -0.05) is 30.3 Å². The van der Waals surface area contributed by atoms with Crippen molar-refractivity contribution in [2.24, 2.45) is 0 Å². The zero-order valence-corrected chi connectivity index (χ0v) is 8.37. The maximum atomic E-state index is 10.0. The van der Waals surface area contributed by atoms with Crippen molar-refractivity contribution in [1.82, 2.24) is 0 Å². The van der Waals surface area contributed by atoms with E-state index in [1.165, 1.54) is 0 Å². The first-order valence-electron chi connectivity index (χ1n) is 2.44. The monoisotopic (exact) mass is 250 g/mol. The van der Waals surface area contributed by atoms with Crippen LogP contribution in [0.15, 0.2) is 30.3 Å². The number of benzene rings is 1. The molecule has 0 aromatic heterocycles. The number of carbonyl (C=O) groups excluding carboxylic acids is 1. The first kappa shape index (κ1) is 62.2. The third-order valence-electron chi connectivity index (χ3n) is 0.936. The minimum Gasteiger partial charge on any atom is -0.412 e. The summed E-state index contributed by atoms with van der Waals surface area (Å²) in [6.45, 7) is 0. The van der Waals surface area contributed by atoms with E-state index < -0.39 is 0 Å². The molecule has 16 N–H and O–H groups in total. The van der Waals surface area contributed by atoms with Gasteiger partial charge in [0, 0.05) is 5.56 Å². The van der Waals surface area contributed by atoms with Crippen LogP contribution in [0.25, 0.3) is 0 Å². The minimum atomic E-state index is 0. The molecule has 0 saturated carbocycles. The fourth-order valence-electron chi connectivity index (χ4n) is 0.532. The topological polar surface area (TPSA) is 269 Å². The molecule has 0 atom stereocenters. The first-order chi connectivity index (χ1) is 3.93. The Morgan fingerprint density at radius 2 is 0.938 bits per heavy atom. The summed E-state index contributed by atoms with van der Waals surface area (Å²) in [5.74, 6) is 0. The van der Waals surface area contributed by atoms with Crippen LogP contribution in [-0.4, -0.2) is 50.1 Å². The molecule has 9 heteroatoms. The summed E-state index contributed by atoms with van der Waals surface area (Å²) in [4.78, 5) is 10.0. The Labute approximate surface area is 91.8 Å². The highest BCUT2D eigenvalue weighted by atomic mass is 16.1. The fraction of sp³-hybridized carbons (Fsp3) is 0. The Bertz CT molecular complexity index is 178. The van der Waals surface area contributed by atoms with Crippen molar-refractivity contribution in [3.8, 4) is 0 Å². The average molecular weight is 250 g/mol. The molecular weight excluding hydrogens is 228 g/mol. The van der Waals surface area contributed by atoms with Gasteiger partial charge in [0.05, 0.1) is 0 Å². The molecule has 0 aliphatic carbocycles. The largest absolute Gasteiger partial charge is 0.412 e. The third-order valence-corrected chi connectivity index (χ3v) is 0.936. The first-order valence-corrected chi connectivity index (χ1v) is 2.44. The van der Waals surface area contributed by atoms with E-state index in [2.05, 4.69) is 0 Å². The van der Waals surface area contributed by atoms with Crippen molar-refractivity contribution < 1.29 is 48.6 Å². The zero-order chi connectivity index (χ0) is 5.82. The van der Waals surface area contributed by atoms with E-state index in [0.29, 0.717) is 0 Å². The van der Waals surface area contributed by atoms with Gasteiger partial charge in [-0.3, -0.25) is 4.79 Å². The van der Waals surface area contributed by atoms with Gasteiger partial charge in [0.2, 0.25) is 0 Å². The van der Waals surface area contributed by atoms with E-state index in [1.54, 1.807) is 12.1 Å². The predicted octanol–water partition coefficient (Wildman–Crippen LogP) is -5.10. The molecule has 16 heavy (non-hydrogen) atoms. The third kappa shape index (κ3) is 22.9. The summed E-state index contributed by atoms with van der Waals surface area (Å²) >= 11 is 0. The maximum Gasteiger partial charge on any atom is 0.150 e. The number of hydrogen-bond donors (Lipinski definition) is 0. The highest BCUT2D eigenvalue weighted by Gasteiger charge is 1.79. The number of carbonyl (C=O) groups is 1. The quantitative estimate of drug-likeness (QED) is 0.434. The van der Waals surface area contributed by atoms with E-state index in [1.807, 2.05) is 18.2 Å². The van der Waals surface area contributed by atoms with E-state index in [4.69, 9.17) is 0 Å². The molecule has 104 valence electrons. The van der Waals surface area contributed by atoms with E-state index in [0.717, 1.165) is 11.8 Å². The molecular formula is C7H22O9. The molecule has 0 saturated heterocycles. The molecule has 1 aromatic rings. The van der Waals surface area contributed by atoms with Crippen LogP contribution >= 0.6 is 0 Å². The van der Waals surface area contributed by atoms with E-state index in [9.17, 15) is 4.79 Å². The molecule has 0 radical (unpaired) electrons. The molecule has 0 amide bonds. The Morgan fingerprint density at radius 3 is 1.12 bits per heavy atom. The highest BCUT2D eigenvalue weighted by molar-refractivity contribution is 5.74. The lowest BCUT2D eigenvalue weighted by Crippen LogP contribution is -1.73. The Morgan fingerprint density at radius 1 is 0.625 bits per heavy atom. The molecule has 0 heterocycles. The van der Waals surface area contributed by atoms with Crippen LogP contribution in [0, 0.1) is 0 Å². The lowest BCUT2D eigenvalue weighted by Gasteiger charge is -1.81. The summed E-state index contributed by atoms with van der Waals surface area (Å²) in [6.07, 6.45) is 0.833. The van der Waals surface area contributed by atoms with Crippen LogP contribution in [0.3, 0.4) is 0 Å². The number of rotatable bonds is 1. The van der Waals surface area contributed by atoms with Crippen LogP contribution in [0.5, 0.6) is 0 Å². The van der Waals surface area contributed by atoms with Gasteiger partial charge in [0.1, 0.15) is 6.29 Å². The fourth-order valence-corrected chi connectivity index (χ4v) is 0.532. The standard InChI is InChI=1S/C7H6O.8H2O/c8-6-7-4-2-1-3-5-7;;;;;;;;/h1-6H;8*1H2. The summed E-state index contributed by atoms with van der Waals surface area (Å²) in [7, 11) is 0. The van der Waals surface area contributed by atoms with Crippen LogP contribution in [0.2, 0.25) is 0 Å². The van der Waals surface area contributed by atoms with E-state index in [-0.39, 0.29) is 43.8 Å². The van der Waals surface area contributed by atoms with Crippen molar-refractivity contribution in [3.63, 3.8) is 0 Å². The van der Waals surface area contributed by atoms with Gasteiger partial charge in [-0.05, 0) is 0 Å². The second-order valence-electron chi connectivity index (χ2n) is 1.53. The van der Waals surface area contributed by atoms with Crippen molar-refractivity contribution in [2.75, 3.05) is 0 Å². The smallest absolute Gasteiger partial charge is 0.150 e. The van der Waals surface area contributed by atoms with Gasteiger partial charge in [-0.15, -0.1) is 0 Å². The lowest BCUT2D eigenvalue weighted by atomic mass is 10.2. The molecule has 0 fully saturated rings. The van der Waals surface area contributed by atoms with Gasteiger partial charge in [-0.2, -0.15) is 0 Å². The van der Waals surface area contributed by atoms with Gasteiger partial charge in [-0.25, -0.2) is 0 Å². The number of hydrogen-bond acceptors (Lipinski definition) is 1. The molecule has 0 spiro atoms. The second kappa shape index (κ2) is 37.4. The van der Waals surface area contributed by atoms with Crippen molar-refractivity contribution in [1.29, 1.82) is 0 Å². The van der Waals surface area contributed by atoms with Crippen LogP contribution in [0.4, 0.5) is 0 Å². The van der Waals surface area contributed by atoms with Crippen LogP contribution in [0.1, 0.15) is 10.4 Å². The molecule has 0 aliphatic rings. The van der Waals surface area contributed by atoms with Crippen molar-refractivity contribution >= 4 is 6.29 Å². The Kier molecular flexibility index (Phi) is 145. The molecule has 0 unspecified atom stereocenters. The molecule has 1 rings (SSSR count). The van der Waals surface area contributed by atoms with Crippen molar-refractivity contribution in [2.45, 2.75) is 0 Å². The molecule has 9 nitrogen and oxygen atoms in total. The summed E-state index contributed by atoms with van der Waals surface area (Å²) in [6, 6.07) is 9.10. The second-order valence-corrected chi connectivity index (χ2v) is 1.53. The SMILES string of the molecule is O.O.O.O.O.O.O.O.O=Cc1ccccc1. The minimum absolute atomic E-state index is 0. The lowest BCUT2D eigenvalue weighted by molar-refractivity contribution is 0.112. The summed E-state index contributed by atoms with van der Waals surface area (Å²) in [5.41, 5.74) is 0.729. The van der Waals surface area contributed by atoms with Gasteiger partial charge < -0.3 is 43.8 Å². The van der Waals surface area contributed by atoms with Crippen LogP contribution in [-0.2, 0) is 0 Å². The van der Waals surface area contributed by atoms with Gasteiger partial charge >= 0.3 is 0 Å². The van der Waals surface area contributed by atoms with Gasteiger partial charge in [0.25, 0.3) is 0 Å². The highest BCUT2D eigenvalue weighted by Crippen LogP contribution is 1.91. The maximum absolute atomic E-state index is 10.0. The molecule has 1 aromatic carbocycles. The number of aldehydes is 1. The normalized spacial score (nSPS) is 4.25. The van der Waals surface area contributed by atoms with Crippen molar-refractivity contribution in [3.05, 3.63) is 35.9 Å². The van der Waals surface area contributed by atoms with E-state index >= 15 is 0 Å².